The summed E-state index contributed by atoms with van der Waals surface area (Å²) in [5.74, 6) is -0.281. The number of aromatic nitrogens is 2. The van der Waals surface area contributed by atoms with E-state index in [4.69, 9.17) is 23.2 Å². The molecule has 0 saturated heterocycles. The van der Waals surface area contributed by atoms with Gasteiger partial charge in [-0.2, -0.15) is 0 Å². The minimum atomic E-state index is -4.73. The largest absolute Gasteiger partial charge is 0.573 e. The van der Waals surface area contributed by atoms with Crippen molar-refractivity contribution in [2.45, 2.75) is 6.36 Å². The second kappa shape index (κ2) is 6.07. The van der Waals surface area contributed by atoms with E-state index >= 15 is 0 Å². The lowest BCUT2D eigenvalue weighted by molar-refractivity contribution is -0.274. The predicted octanol–water partition coefficient (Wildman–Crippen LogP) is 6.59. The number of hydrogen-bond donors (Lipinski definition) is 1. The van der Waals surface area contributed by atoms with Crippen molar-refractivity contribution >= 4 is 45.0 Å². The molecule has 0 amide bonds. The quantitative estimate of drug-likeness (QED) is 0.415. The second-order valence-corrected chi connectivity index (χ2v) is 6.42. The Kier molecular flexibility index (Phi) is 3.97. The molecular weight excluding hydrogens is 388 g/mol. The van der Waals surface area contributed by atoms with Crippen LogP contribution in [0.5, 0.6) is 5.75 Å². The van der Waals surface area contributed by atoms with E-state index in [0.29, 0.717) is 37.9 Å². The molecule has 0 saturated carbocycles. The maximum atomic E-state index is 12.4. The molecule has 0 radical (unpaired) electrons. The fourth-order valence-electron chi connectivity index (χ4n) is 2.74. The highest BCUT2D eigenvalue weighted by Crippen LogP contribution is 2.32. The van der Waals surface area contributed by atoms with Crippen LogP contribution in [-0.2, 0) is 0 Å². The van der Waals surface area contributed by atoms with Crippen LogP contribution in [0.15, 0.2) is 48.5 Å². The van der Waals surface area contributed by atoms with E-state index in [1.54, 1.807) is 30.3 Å². The lowest BCUT2D eigenvalue weighted by Gasteiger charge is -2.08. The molecule has 4 rings (SSSR count). The van der Waals surface area contributed by atoms with Gasteiger partial charge in [-0.3, -0.25) is 0 Å². The van der Waals surface area contributed by atoms with Crippen LogP contribution in [0.3, 0.4) is 0 Å². The summed E-state index contributed by atoms with van der Waals surface area (Å²) in [6.07, 6.45) is -4.73. The van der Waals surface area contributed by atoms with Gasteiger partial charge in [-0.05, 0) is 48.5 Å². The zero-order chi connectivity index (χ0) is 18.5. The number of hydrogen-bond acceptors (Lipinski definition) is 2. The van der Waals surface area contributed by atoms with Crippen LogP contribution < -0.4 is 4.74 Å². The summed E-state index contributed by atoms with van der Waals surface area (Å²) in [5.41, 5.74) is 2.45. The maximum Gasteiger partial charge on any atom is 0.573 e. The number of ether oxygens (including phenoxy) is 1. The Morgan fingerprint density at radius 1 is 0.923 bits per heavy atom. The van der Waals surface area contributed by atoms with E-state index in [9.17, 15) is 13.2 Å². The molecular formula is C18H9Cl2F3N2O. The standard InChI is InChI=1S/C18H9Cl2F3N2O/c19-12-3-4-13(20)17-11(12)2-6-15(25-17)16-8-9-7-10(26-18(21,22)23)1-5-14(9)24-16/h1-8,24H. The minimum absolute atomic E-state index is 0.281. The summed E-state index contributed by atoms with van der Waals surface area (Å²) >= 11 is 12.3. The van der Waals surface area contributed by atoms with Crippen LogP contribution in [0.2, 0.25) is 10.0 Å². The molecule has 132 valence electrons. The molecule has 0 spiro atoms. The van der Waals surface area contributed by atoms with Crippen molar-refractivity contribution in [1.82, 2.24) is 9.97 Å². The monoisotopic (exact) mass is 396 g/mol. The van der Waals surface area contributed by atoms with Gasteiger partial charge in [-0.25, -0.2) is 4.98 Å². The topological polar surface area (TPSA) is 37.9 Å². The Morgan fingerprint density at radius 2 is 1.69 bits per heavy atom. The number of alkyl halides is 3. The third-order valence-corrected chi connectivity index (χ3v) is 4.49. The van der Waals surface area contributed by atoms with E-state index in [0.717, 1.165) is 5.39 Å². The van der Waals surface area contributed by atoms with Crippen molar-refractivity contribution in [3.05, 3.63) is 58.6 Å². The van der Waals surface area contributed by atoms with Crippen molar-refractivity contribution < 1.29 is 17.9 Å². The number of H-pyrrole nitrogens is 1. The molecule has 2 aromatic heterocycles. The average molecular weight is 397 g/mol. The second-order valence-electron chi connectivity index (χ2n) is 5.60. The molecule has 8 heteroatoms. The van der Waals surface area contributed by atoms with E-state index in [1.807, 2.05) is 0 Å². The summed E-state index contributed by atoms with van der Waals surface area (Å²) in [7, 11) is 0. The molecule has 0 aliphatic heterocycles. The third-order valence-electron chi connectivity index (χ3n) is 3.86. The molecule has 4 aromatic rings. The number of nitrogens with one attached hydrogen (secondary N) is 1. The molecule has 2 heterocycles. The summed E-state index contributed by atoms with van der Waals surface area (Å²) < 4.78 is 41.1. The van der Waals surface area contributed by atoms with Gasteiger partial charge in [0.2, 0.25) is 0 Å². The molecule has 0 unspecified atom stereocenters. The van der Waals surface area contributed by atoms with Gasteiger partial charge in [0.1, 0.15) is 5.75 Å². The zero-order valence-corrected chi connectivity index (χ0v) is 14.4. The Hall–Kier alpha value is -2.44. The van der Waals surface area contributed by atoms with Gasteiger partial charge in [-0.15, -0.1) is 13.2 Å². The summed E-state index contributed by atoms with van der Waals surface area (Å²) in [6, 6.07) is 12.7. The highest BCUT2D eigenvalue weighted by molar-refractivity contribution is 6.39. The molecule has 0 atom stereocenters. The van der Waals surface area contributed by atoms with E-state index < -0.39 is 6.36 Å². The first-order chi connectivity index (χ1) is 12.3. The lowest BCUT2D eigenvalue weighted by atomic mass is 10.1. The highest BCUT2D eigenvalue weighted by atomic mass is 35.5. The van der Waals surface area contributed by atoms with Crippen LogP contribution in [-0.4, -0.2) is 16.3 Å². The molecule has 2 aromatic carbocycles. The van der Waals surface area contributed by atoms with Gasteiger partial charge in [0.05, 0.1) is 26.9 Å². The van der Waals surface area contributed by atoms with Gasteiger partial charge in [0.25, 0.3) is 0 Å². The van der Waals surface area contributed by atoms with E-state index in [2.05, 4.69) is 14.7 Å². The normalized spacial score (nSPS) is 12.0. The number of benzene rings is 2. The Balaban J connectivity index is 1.79. The molecule has 0 fully saturated rings. The van der Waals surface area contributed by atoms with Crippen molar-refractivity contribution in [2.24, 2.45) is 0 Å². The van der Waals surface area contributed by atoms with Crippen LogP contribution in [0.4, 0.5) is 13.2 Å². The lowest BCUT2D eigenvalue weighted by Crippen LogP contribution is -2.16. The molecule has 0 aliphatic rings. The molecule has 0 aliphatic carbocycles. The van der Waals surface area contributed by atoms with Crippen molar-refractivity contribution in [3.8, 4) is 17.1 Å². The SMILES string of the molecule is FC(F)(F)Oc1ccc2[nH]c(-c3ccc4c(Cl)ccc(Cl)c4n3)cc2c1. The molecule has 3 nitrogen and oxygen atoms in total. The summed E-state index contributed by atoms with van der Waals surface area (Å²) in [6.45, 7) is 0. The maximum absolute atomic E-state index is 12.4. The first-order valence-electron chi connectivity index (χ1n) is 7.44. The first-order valence-corrected chi connectivity index (χ1v) is 8.19. The van der Waals surface area contributed by atoms with Crippen LogP contribution in [0, 0.1) is 0 Å². The molecule has 1 N–H and O–H groups in total. The summed E-state index contributed by atoms with van der Waals surface area (Å²) in [4.78, 5) is 7.65. The predicted molar refractivity (Wildman–Crippen MR) is 95.7 cm³/mol. The number of pyridine rings is 1. The Morgan fingerprint density at radius 3 is 2.46 bits per heavy atom. The van der Waals surface area contributed by atoms with E-state index in [1.165, 1.54) is 18.2 Å². The van der Waals surface area contributed by atoms with Crippen LogP contribution >= 0.6 is 23.2 Å². The number of aromatic amines is 1. The minimum Gasteiger partial charge on any atom is -0.406 e. The Bertz CT molecular complexity index is 1140. The first kappa shape index (κ1) is 17.0. The van der Waals surface area contributed by atoms with Crippen molar-refractivity contribution in [3.63, 3.8) is 0 Å². The van der Waals surface area contributed by atoms with Gasteiger partial charge in [-0.1, -0.05) is 23.2 Å². The van der Waals surface area contributed by atoms with Crippen molar-refractivity contribution in [1.29, 1.82) is 0 Å². The van der Waals surface area contributed by atoms with Crippen molar-refractivity contribution in [2.75, 3.05) is 0 Å². The number of fused-ring (bicyclic) bond motifs is 2. The smallest absolute Gasteiger partial charge is 0.406 e. The van der Waals surface area contributed by atoms with E-state index in [-0.39, 0.29) is 5.75 Å². The highest BCUT2D eigenvalue weighted by Gasteiger charge is 2.31. The third kappa shape index (κ3) is 3.18. The summed E-state index contributed by atoms with van der Waals surface area (Å²) in [5, 5.41) is 2.29. The van der Waals surface area contributed by atoms with Gasteiger partial charge < -0.3 is 9.72 Å². The fourth-order valence-corrected chi connectivity index (χ4v) is 3.17. The molecule has 26 heavy (non-hydrogen) atoms. The van der Waals surface area contributed by atoms with Crippen LogP contribution in [0.1, 0.15) is 0 Å². The van der Waals surface area contributed by atoms with Crippen LogP contribution in [0.25, 0.3) is 33.2 Å². The molecule has 0 bridgehead atoms. The van der Waals surface area contributed by atoms with Gasteiger partial charge in [0, 0.05) is 16.3 Å². The number of rotatable bonds is 2. The average Bonchev–Trinajstić information content (AvgIpc) is 3.00. The number of nitrogens with zero attached hydrogens (tertiary/aromatic N) is 1. The van der Waals surface area contributed by atoms with Gasteiger partial charge in [0.15, 0.2) is 0 Å². The fraction of sp³-hybridized carbons (Fsp3) is 0.0556. The zero-order valence-electron chi connectivity index (χ0n) is 12.9. The number of halogens is 5. The Labute approximate surface area is 155 Å². The van der Waals surface area contributed by atoms with Gasteiger partial charge >= 0.3 is 6.36 Å².